The van der Waals surface area contributed by atoms with Crippen molar-refractivity contribution in [2.45, 2.75) is 20.3 Å². The Labute approximate surface area is 153 Å². The molecule has 0 bridgehead atoms. The van der Waals surface area contributed by atoms with Gasteiger partial charge in [0.05, 0.1) is 11.4 Å². The summed E-state index contributed by atoms with van der Waals surface area (Å²) in [5, 5.41) is 2.02. The molecule has 0 radical (unpaired) electrons. The molecule has 0 fully saturated rings. The molecule has 4 rings (SSSR count). The molecule has 2 aromatic carbocycles. The van der Waals surface area contributed by atoms with Gasteiger partial charge in [0.2, 0.25) is 0 Å². The summed E-state index contributed by atoms with van der Waals surface area (Å²) in [6.07, 6.45) is 4.54. The number of benzene rings is 2. The van der Waals surface area contributed by atoms with Gasteiger partial charge in [-0.05, 0) is 30.5 Å². The molecular formula is C22H21N3O. The third kappa shape index (κ3) is 2.88. The maximum atomic E-state index is 13.1. The van der Waals surface area contributed by atoms with E-state index in [1.807, 2.05) is 59.6 Å². The van der Waals surface area contributed by atoms with E-state index in [-0.39, 0.29) is 5.91 Å². The van der Waals surface area contributed by atoms with Crippen molar-refractivity contribution in [3.05, 3.63) is 66.5 Å². The largest absolute Gasteiger partial charge is 0.306 e. The second-order valence-electron chi connectivity index (χ2n) is 6.99. The smallest absolute Gasteiger partial charge is 0.277 e. The van der Waals surface area contributed by atoms with Crippen LogP contribution in [-0.4, -0.2) is 23.1 Å². The maximum Gasteiger partial charge on any atom is 0.277 e. The van der Waals surface area contributed by atoms with Gasteiger partial charge in [0.25, 0.3) is 5.91 Å². The number of anilines is 1. The van der Waals surface area contributed by atoms with E-state index < -0.39 is 0 Å². The minimum atomic E-state index is -0.0158. The first kappa shape index (κ1) is 16.5. The van der Waals surface area contributed by atoms with Gasteiger partial charge in [-0.15, -0.1) is 0 Å². The Bertz CT molecular complexity index is 1000. The highest BCUT2D eigenvalue weighted by atomic mass is 16.2. The van der Waals surface area contributed by atoms with E-state index in [4.69, 9.17) is 4.99 Å². The Morgan fingerprint density at radius 1 is 1.08 bits per heavy atom. The van der Waals surface area contributed by atoms with Crippen LogP contribution in [0, 0.1) is 5.92 Å². The van der Waals surface area contributed by atoms with Crippen LogP contribution in [0.4, 0.5) is 11.4 Å². The summed E-state index contributed by atoms with van der Waals surface area (Å²) in [5.74, 6) is 0.527. The predicted molar refractivity (Wildman–Crippen MR) is 106 cm³/mol. The SMILES string of the molecule is CC(C)CCN1C(=O)C(=Nc2cccc3cnccc23)c2ccccc21. The number of carbonyl (C=O) groups excluding carboxylic acids is 1. The number of carbonyl (C=O) groups is 1. The molecule has 0 atom stereocenters. The molecule has 130 valence electrons. The Kier molecular flexibility index (Phi) is 4.25. The summed E-state index contributed by atoms with van der Waals surface area (Å²) >= 11 is 0. The van der Waals surface area contributed by atoms with Crippen molar-refractivity contribution in [3.63, 3.8) is 0 Å². The van der Waals surface area contributed by atoms with Crippen molar-refractivity contribution in [2.24, 2.45) is 10.9 Å². The quantitative estimate of drug-likeness (QED) is 0.686. The number of fused-ring (bicyclic) bond motifs is 2. The first-order chi connectivity index (χ1) is 12.6. The van der Waals surface area contributed by atoms with Gasteiger partial charge in [-0.2, -0.15) is 0 Å². The van der Waals surface area contributed by atoms with Gasteiger partial charge in [-0.25, -0.2) is 4.99 Å². The van der Waals surface area contributed by atoms with Crippen LogP contribution in [-0.2, 0) is 4.79 Å². The van der Waals surface area contributed by atoms with E-state index >= 15 is 0 Å². The average molecular weight is 343 g/mol. The van der Waals surface area contributed by atoms with Crippen LogP contribution in [0.1, 0.15) is 25.8 Å². The summed E-state index contributed by atoms with van der Waals surface area (Å²) in [6, 6.07) is 15.8. The number of hydrogen-bond donors (Lipinski definition) is 0. The maximum absolute atomic E-state index is 13.1. The van der Waals surface area contributed by atoms with Crippen LogP contribution in [0.25, 0.3) is 10.8 Å². The molecule has 0 saturated heterocycles. The number of para-hydroxylation sites is 1. The number of aromatic nitrogens is 1. The third-order valence-electron chi connectivity index (χ3n) is 4.72. The summed E-state index contributed by atoms with van der Waals surface area (Å²) < 4.78 is 0. The van der Waals surface area contributed by atoms with E-state index in [0.29, 0.717) is 18.2 Å². The molecule has 26 heavy (non-hydrogen) atoms. The highest BCUT2D eigenvalue weighted by molar-refractivity contribution is 6.54. The monoisotopic (exact) mass is 343 g/mol. The van der Waals surface area contributed by atoms with Gasteiger partial charge in [-0.3, -0.25) is 9.78 Å². The van der Waals surface area contributed by atoms with Crippen molar-refractivity contribution in [1.29, 1.82) is 0 Å². The minimum absolute atomic E-state index is 0.0158. The molecule has 4 nitrogen and oxygen atoms in total. The lowest BCUT2D eigenvalue weighted by molar-refractivity contribution is -0.112. The summed E-state index contributed by atoms with van der Waals surface area (Å²) in [5.41, 5.74) is 3.19. The van der Waals surface area contributed by atoms with Gasteiger partial charge in [0.15, 0.2) is 0 Å². The van der Waals surface area contributed by atoms with Crippen molar-refractivity contribution >= 4 is 33.8 Å². The number of amides is 1. The topological polar surface area (TPSA) is 45.6 Å². The molecular weight excluding hydrogens is 322 g/mol. The molecule has 1 aromatic heterocycles. The summed E-state index contributed by atoms with van der Waals surface area (Å²) in [4.78, 5) is 23.9. The lowest BCUT2D eigenvalue weighted by Gasteiger charge is -2.17. The van der Waals surface area contributed by atoms with Crippen molar-refractivity contribution < 1.29 is 4.79 Å². The standard InChI is InChI=1S/C22H21N3O/c1-15(2)11-13-25-20-9-4-3-7-18(20)21(22(25)26)24-19-8-5-6-16-14-23-12-10-17(16)19/h3-10,12,14-15H,11,13H2,1-2H3. The van der Waals surface area contributed by atoms with E-state index in [2.05, 4.69) is 18.8 Å². The van der Waals surface area contributed by atoms with Crippen LogP contribution in [0.2, 0.25) is 0 Å². The zero-order valence-corrected chi connectivity index (χ0v) is 15.0. The van der Waals surface area contributed by atoms with E-state index in [0.717, 1.165) is 34.1 Å². The van der Waals surface area contributed by atoms with E-state index in [1.165, 1.54) is 0 Å². The van der Waals surface area contributed by atoms with E-state index in [9.17, 15) is 4.79 Å². The van der Waals surface area contributed by atoms with Gasteiger partial charge in [0.1, 0.15) is 5.71 Å². The number of aliphatic imine (C=N–C) groups is 1. The second kappa shape index (κ2) is 6.71. The molecule has 0 aliphatic carbocycles. The lowest BCUT2D eigenvalue weighted by atomic mass is 10.1. The molecule has 3 aromatic rings. The van der Waals surface area contributed by atoms with Gasteiger partial charge in [-0.1, -0.05) is 44.2 Å². The molecule has 1 amide bonds. The molecule has 2 heterocycles. The van der Waals surface area contributed by atoms with Crippen LogP contribution in [0.3, 0.4) is 0 Å². The summed E-state index contributed by atoms with van der Waals surface area (Å²) in [7, 11) is 0. The van der Waals surface area contributed by atoms with Crippen molar-refractivity contribution in [1.82, 2.24) is 4.98 Å². The molecule has 1 aliphatic rings. The minimum Gasteiger partial charge on any atom is -0.306 e. The van der Waals surface area contributed by atoms with Crippen molar-refractivity contribution in [2.75, 3.05) is 11.4 Å². The number of pyridine rings is 1. The Hall–Kier alpha value is -3.01. The Balaban J connectivity index is 1.81. The van der Waals surface area contributed by atoms with Gasteiger partial charge < -0.3 is 4.90 Å². The number of nitrogens with zero attached hydrogens (tertiary/aromatic N) is 3. The zero-order chi connectivity index (χ0) is 18.1. The Morgan fingerprint density at radius 2 is 1.92 bits per heavy atom. The fraction of sp³-hybridized carbons (Fsp3) is 0.227. The van der Waals surface area contributed by atoms with Crippen LogP contribution in [0.5, 0.6) is 0 Å². The molecule has 4 heteroatoms. The number of hydrogen-bond acceptors (Lipinski definition) is 3. The molecule has 0 unspecified atom stereocenters. The van der Waals surface area contributed by atoms with Crippen LogP contribution < -0.4 is 4.90 Å². The van der Waals surface area contributed by atoms with Crippen LogP contribution in [0.15, 0.2) is 65.9 Å². The normalized spacial score (nSPS) is 15.3. The predicted octanol–water partition coefficient (Wildman–Crippen LogP) is 4.75. The fourth-order valence-electron chi connectivity index (χ4n) is 3.30. The van der Waals surface area contributed by atoms with Crippen molar-refractivity contribution in [3.8, 4) is 0 Å². The van der Waals surface area contributed by atoms with Gasteiger partial charge >= 0.3 is 0 Å². The second-order valence-corrected chi connectivity index (χ2v) is 6.99. The lowest BCUT2D eigenvalue weighted by Crippen LogP contribution is -2.31. The molecule has 0 spiro atoms. The highest BCUT2D eigenvalue weighted by Gasteiger charge is 2.33. The first-order valence-electron chi connectivity index (χ1n) is 8.98. The molecule has 0 N–H and O–H groups in total. The fourth-order valence-corrected chi connectivity index (χ4v) is 3.30. The molecule has 1 aliphatic heterocycles. The zero-order valence-electron chi connectivity index (χ0n) is 15.0. The van der Waals surface area contributed by atoms with E-state index in [1.54, 1.807) is 6.20 Å². The number of rotatable bonds is 4. The Morgan fingerprint density at radius 3 is 2.77 bits per heavy atom. The first-order valence-corrected chi connectivity index (χ1v) is 8.98. The van der Waals surface area contributed by atoms with Gasteiger partial charge in [0, 0.05) is 35.3 Å². The average Bonchev–Trinajstić information content (AvgIpc) is 2.92. The highest BCUT2D eigenvalue weighted by Crippen LogP contribution is 2.33. The summed E-state index contributed by atoms with van der Waals surface area (Å²) in [6.45, 7) is 5.06. The van der Waals surface area contributed by atoms with Crippen LogP contribution >= 0.6 is 0 Å². The third-order valence-corrected chi connectivity index (χ3v) is 4.72. The molecule has 0 saturated carbocycles.